The van der Waals surface area contributed by atoms with E-state index in [1.165, 1.54) is 40.8 Å². The predicted octanol–water partition coefficient (Wildman–Crippen LogP) is 7.86. The summed E-state index contributed by atoms with van der Waals surface area (Å²) in [6.07, 6.45) is 3.65. The molecule has 4 nitrogen and oxygen atoms in total. The molecule has 1 aliphatic heterocycles. The Labute approximate surface area is 188 Å². The highest BCUT2D eigenvalue weighted by atomic mass is 31.1. The summed E-state index contributed by atoms with van der Waals surface area (Å²) in [5, 5.41) is 6.98. The third kappa shape index (κ3) is 3.31. The van der Waals surface area contributed by atoms with E-state index < -0.39 is 8.16 Å². The molecule has 5 aromatic rings. The molecule has 0 amide bonds. The van der Waals surface area contributed by atoms with Crippen molar-refractivity contribution in [2.24, 2.45) is 0 Å². The molecule has 1 aromatic heterocycles. The van der Waals surface area contributed by atoms with Gasteiger partial charge < -0.3 is 13.1 Å². The molecule has 1 unspecified atom stereocenters. The van der Waals surface area contributed by atoms with E-state index >= 15 is 0 Å². The van der Waals surface area contributed by atoms with E-state index in [-0.39, 0.29) is 0 Å². The fourth-order valence-electron chi connectivity index (χ4n) is 4.92. The summed E-state index contributed by atoms with van der Waals surface area (Å²) >= 11 is 0. The Morgan fingerprint density at radius 1 is 0.812 bits per heavy atom. The van der Waals surface area contributed by atoms with Crippen molar-refractivity contribution < 1.29 is 13.1 Å². The molecule has 1 fully saturated rings. The molecule has 2 heterocycles. The van der Waals surface area contributed by atoms with Gasteiger partial charge in [-0.2, -0.15) is 0 Å². The van der Waals surface area contributed by atoms with Crippen molar-refractivity contribution in [2.45, 2.75) is 25.9 Å². The second-order valence-corrected chi connectivity index (χ2v) is 9.90. The van der Waals surface area contributed by atoms with Gasteiger partial charge in [-0.25, -0.2) is 4.67 Å². The normalized spacial score (nSPS) is 15.7. The first kappa shape index (κ1) is 19.9. The zero-order valence-electron chi connectivity index (χ0n) is 18.2. The van der Waals surface area contributed by atoms with Crippen LogP contribution in [0.5, 0.6) is 0 Å². The predicted molar refractivity (Wildman–Crippen MR) is 134 cm³/mol. The lowest BCUT2D eigenvalue weighted by Gasteiger charge is -2.22. The maximum atomic E-state index is 6.81. The van der Waals surface area contributed by atoms with Gasteiger partial charge >= 0.3 is 8.16 Å². The summed E-state index contributed by atoms with van der Waals surface area (Å²) in [6, 6.07) is 23.6. The van der Waals surface area contributed by atoms with Crippen LogP contribution in [-0.2, 0) is 11.3 Å². The quantitative estimate of drug-likeness (QED) is 0.284. The molecule has 0 aliphatic carbocycles. The Bertz CT molecular complexity index is 1480. The van der Waals surface area contributed by atoms with Crippen LogP contribution in [0.15, 0.2) is 75.1 Å². The van der Waals surface area contributed by atoms with Crippen molar-refractivity contribution in [3.8, 4) is 0 Å². The van der Waals surface area contributed by atoms with Gasteiger partial charge in [0.05, 0.1) is 6.61 Å². The van der Waals surface area contributed by atoms with E-state index in [4.69, 9.17) is 13.1 Å². The minimum Gasteiger partial charge on any atom is -0.408 e. The second kappa shape index (κ2) is 8.29. The first-order chi connectivity index (χ1) is 15.8. The molecule has 6 rings (SSSR count). The summed E-state index contributed by atoms with van der Waals surface area (Å²) in [5.41, 5.74) is 2.87. The van der Waals surface area contributed by atoms with Crippen LogP contribution in [0.4, 0.5) is 0 Å². The number of benzene rings is 4. The maximum Gasteiger partial charge on any atom is 0.309 e. The van der Waals surface area contributed by atoms with Crippen LogP contribution in [0.3, 0.4) is 0 Å². The highest BCUT2D eigenvalue weighted by Crippen LogP contribution is 2.43. The highest BCUT2D eigenvalue weighted by Gasteiger charge is 2.20. The van der Waals surface area contributed by atoms with Gasteiger partial charge in [0, 0.05) is 36.5 Å². The molecule has 0 saturated carbocycles. The molecule has 32 heavy (non-hydrogen) atoms. The minimum atomic E-state index is -1.25. The Morgan fingerprint density at radius 3 is 2.31 bits per heavy atom. The zero-order chi connectivity index (χ0) is 21.5. The van der Waals surface area contributed by atoms with E-state index in [0.717, 1.165) is 40.6 Å². The van der Waals surface area contributed by atoms with Crippen LogP contribution in [0.25, 0.3) is 43.5 Å². The van der Waals surface area contributed by atoms with E-state index in [0.29, 0.717) is 6.61 Å². The summed E-state index contributed by atoms with van der Waals surface area (Å²) in [4.78, 5) is 0. The van der Waals surface area contributed by atoms with Crippen molar-refractivity contribution >= 4 is 51.6 Å². The number of nitrogens with zero attached hydrogens (tertiary/aromatic N) is 1. The van der Waals surface area contributed by atoms with Crippen molar-refractivity contribution in [1.82, 2.24) is 0 Å². The van der Waals surface area contributed by atoms with Crippen LogP contribution in [-0.4, -0.2) is 20.2 Å². The average molecular weight is 443 g/mol. The van der Waals surface area contributed by atoms with Gasteiger partial charge in [0.15, 0.2) is 0 Å². The molecule has 0 spiro atoms. The third-order valence-electron chi connectivity index (χ3n) is 6.43. The van der Waals surface area contributed by atoms with Crippen LogP contribution < -0.4 is 4.67 Å². The van der Waals surface area contributed by atoms with Crippen molar-refractivity contribution in [3.05, 3.63) is 72.3 Å². The minimum absolute atomic E-state index is 0.496. The lowest BCUT2D eigenvalue weighted by atomic mass is 9.96. The van der Waals surface area contributed by atoms with Crippen molar-refractivity contribution in [3.63, 3.8) is 0 Å². The molecule has 0 radical (unpaired) electrons. The van der Waals surface area contributed by atoms with Crippen molar-refractivity contribution in [2.75, 3.05) is 24.9 Å². The molecule has 1 aliphatic rings. The van der Waals surface area contributed by atoms with E-state index in [1.807, 2.05) is 0 Å². The number of methoxy groups -OCH3 is 1. The second-order valence-electron chi connectivity index (χ2n) is 8.49. The molecule has 1 saturated heterocycles. The van der Waals surface area contributed by atoms with Gasteiger partial charge in [0.1, 0.15) is 11.2 Å². The summed E-state index contributed by atoms with van der Waals surface area (Å²) in [7, 11) is 0.492. The van der Waals surface area contributed by atoms with Gasteiger partial charge in [-0.15, -0.1) is 0 Å². The standard InChI is InChI=1S/C27H26NO3P/c1-29-18-21-17-20-10-4-6-12-23(20)26-25-22-11-5-3-9-19(22)13-14-24(25)30-32(31-27(21)26)28-15-7-2-8-16-28/h3-6,9-14,17H,2,7-8,15-16,18H2,1H3. The summed E-state index contributed by atoms with van der Waals surface area (Å²) in [5.74, 6) is 0. The molecule has 1 atom stereocenters. The first-order valence-electron chi connectivity index (χ1n) is 11.3. The number of rotatable bonds is 3. The fraction of sp³-hybridized carbons (Fsp3) is 0.259. The summed E-state index contributed by atoms with van der Waals surface area (Å²) < 4.78 is 21.5. The number of ether oxygens (including phenoxy) is 1. The zero-order valence-corrected chi connectivity index (χ0v) is 19.1. The van der Waals surface area contributed by atoms with Gasteiger partial charge in [0.2, 0.25) is 0 Å². The topological polar surface area (TPSA) is 38.8 Å². The van der Waals surface area contributed by atoms with Gasteiger partial charge in [-0.1, -0.05) is 61.0 Å². The van der Waals surface area contributed by atoms with Gasteiger partial charge in [-0.3, -0.25) is 0 Å². The molecule has 162 valence electrons. The Morgan fingerprint density at radius 2 is 1.53 bits per heavy atom. The van der Waals surface area contributed by atoms with E-state index in [1.54, 1.807) is 7.11 Å². The number of piperidine rings is 1. The third-order valence-corrected chi connectivity index (χ3v) is 7.98. The number of hydrogen-bond acceptors (Lipinski definition) is 4. The SMILES string of the molecule is COCc1cc2ccccc2c2c1op(N1CCCCC1)oc1ccc3ccccc3c12. The Kier molecular flexibility index (Phi) is 5.15. The largest absolute Gasteiger partial charge is 0.408 e. The van der Waals surface area contributed by atoms with E-state index in [9.17, 15) is 0 Å². The lowest BCUT2D eigenvalue weighted by molar-refractivity contribution is 0.185. The summed E-state index contributed by atoms with van der Waals surface area (Å²) in [6.45, 7) is 2.52. The molecule has 5 heteroatoms. The van der Waals surface area contributed by atoms with Crippen molar-refractivity contribution in [1.29, 1.82) is 0 Å². The maximum absolute atomic E-state index is 6.81. The lowest BCUT2D eigenvalue weighted by Crippen LogP contribution is -2.26. The molecule has 0 N–H and O–H groups in total. The number of fused-ring (bicyclic) bond motifs is 7. The highest BCUT2D eigenvalue weighted by molar-refractivity contribution is 7.39. The Hall–Kier alpha value is -2.78. The van der Waals surface area contributed by atoms with Crippen LogP contribution >= 0.6 is 8.16 Å². The monoisotopic (exact) mass is 443 g/mol. The smallest absolute Gasteiger partial charge is 0.309 e. The van der Waals surface area contributed by atoms with Crippen LogP contribution in [0, 0.1) is 0 Å². The molecule has 4 aromatic carbocycles. The van der Waals surface area contributed by atoms with Gasteiger partial charge in [0.25, 0.3) is 0 Å². The Balaban J connectivity index is 1.87. The van der Waals surface area contributed by atoms with Crippen LogP contribution in [0.2, 0.25) is 0 Å². The van der Waals surface area contributed by atoms with Crippen LogP contribution in [0.1, 0.15) is 24.8 Å². The average Bonchev–Trinajstić information content (AvgIpc) is 3.03. The fourth-order valence-corrected chi connectivity index (χ4v) is 6.49. The molecule has 0 bridgehead atoms. The van der Waals surface area contributed by atoms with E-state index in [2.05, 4.69) is 71.4 Å². The number of hydrogen-bond donors (Lipinski definition) is 0. The first-order valence-corrected chi connectivity index (χ1v) is 12.4. The van der Waals surface area contributed by atoms with Gasteiger partial charge in [-0.05, 0) is 46.5 Å². The molecular weight excluding hydrogens is 417 g/mol. The molecular formula is C27H26NO3P.